The van der Waals surface area contributed by atoms with Gasteiger partial charge in [0, 0.05) is 43.9 Å². The summed E-state index contributed by atoms with van der Waals surface area (Å²) in [4.78, 5) is 21.5. The van der Waals surface area contributed by atoms with Gasteiger partial charge in [0.25, 0.3) is 5.91 Å². The van der Waals surface area contributed by atoms with Gasteiger partial charge in [-0.05, 0) is 42.9 Å². The van der Waals surface area contributed by atoms with Crippen LogP contribution < -0.4 is 15.0 Å². The Labute approximate surface area is 158 Å². The van der Waals surface area contributed by atoms with Crippen LogP contribution in [0.4, 0.5) is 5.82 Å². The molecule has 1 aromatic carbocycles. The summed E-state index contributed by atoms with van der Waals surface area (Å²) < 4.78 is 5.24. The molecule has 0 aliphatic carbocycles. The number of halogens is 1. The van der Waals surface area contributed by atoms with E-state index in [1.54, 1.807) is 24.4 Å². The molecule has 2 heterocycles. The molecule has 0 bridgehead atoms. The molecule has 3 rings (SSSR count). The van der Waals surface area contributed by atoms with E-state index in [1.807, 2.05) is 12.1 Å². The summed E-state index contributed by atoms with van der Waals surface area (Å²) in [6, 6.07) is 8.92. The number of nitrogens with zero attached hydrogens (tertiary/aromatic N) is 3. The van der Waals surface area contributed by atoms with Crippen molar-refractivity contribution >= 4 is 23.3 Å². The molecule has 0 atom stereocenters. The Kier molecular flexibility index (Phi) is 5.96. The lowest BCUT2D eigenvalue weighted by Gasteiger charge is -2.33. The zero-order chi connectivity index (χ0) is 18.5. The third kappa shape index (κ3) is 4.45. The molecule has 1 saturated heterocycles. The van der Waals surface area contributed by atoms with Crippen molar-refractivity contribution in [1.82, 2.24) is 15.2 Å². The van der Waals surface area contributed by atoms with Crippen LogP contribution in [0, 0.1) is 0 Å². The molecule has 2 aromatic rings. The minimum absolute atomic E-state index is 0.198. The first-order chi connectivity index (χ1) is 12.6. The van der Waals surface area contributed by atoms with E-state index >= 15 is 0 Å². The molecule has 1 aromatic heterocycles. The van der Waals surface area contributed by atoms with Crippen molar-refractivity contribution in [3.8, 4) is 5.75 Å². The molecular weight excluding hydrogens is 352 g/mol. The van der Waals surface area contributed by atoms with Crippen molar-refractivity contribution in [2.24, 2.45) is 0 Å². The highest BCUT2D eigenvalue weighted by Gasteiger charge is 2.16. The lowest BCUT2D eigenvalue weighted by Crippen LogP contribution is -2.44. The summed E-state index contributed by atoms with van der Waals surface area (Å²) >= 11 is 5.95. The lowest BCUT2D eigenvalue weighted by atomic mass is 10.1. The number of pyridine rings is 1. The first-order valence-electron chi connectivity index (χ1n) is 8.57. The summed E-state index contributed by atoms with van der Waals surface area (Å²) in [6.07, 6.45) is 1.79. The van der Waals surface area contributed by atoms with Crippen LogP contribution in [0.5, 0.6) is 5.75 Å². The van der Waals surface area contributed by atoms with E-state index in [0.717, 1.165) is 37.6 Å². The number of carbonyl (C=O) groups excluding carboxylic acids is 1. The van der Waals surface area contributed by atoms with Crippen LogP contribution in [-0.2, 0) is 6.54 Å². The van der Waals surface area contributed by atoms with Crippen LogP contribution >= 0.6 is 11.6 Å². The molecule has 0 spiro atoms. The largest absolute Gasteiger partial charge is 0.496 e. The summed E-state index contributed by atoms with van der Waals surface area (Å²) in [5.74, 6) is 1.22. The number of aromatic nitrogens is 1. The Bertz CT molecular complexity index is 776. The first-order valence-corrected chi connectivity index (χ1v) is 8.95. The highest BCUT2D eigenvalue weighted by Crippen LogP contribution is 2.23. The van der Waals surface area contributed by atoms with Gasteiger partial charge in [0.15, 0.2) is 0 Å². The standard InChI is InChI=1S/C19H23ClN4O2/c1-23-7-9-24(10-8-23)18-11-14(5-6-21-18)13-22-19(25)16-4-3-15(20)12-17(16)26-2/h3-6,11-12H,7-10,13H2,1-2H3,(H,22,25). The minimum atomic E-state index is -0.198. The second kappa shape index (κ2) is 8.38. The van der Waals surface area contributed by atoms with Crippen molar-refractivity contribution < 1.29 is 9.53 Å². The summed E-state index contributed by atoms with van der Waals surface area (Å²) in [5, 5.41) is 3.46. The molecule has 1 aliphatic heterocycles. The van der Waals surface area contributed by atoms with Gasteiger partial charge in [-0.15, -0.1) is 0 Å². The molecular formula is C19H23ClN4O2. The first kappa shape index (κ1) is 18.5. The highest BCUT2D eigenvalue weighted by atomic mass is 35.5. The van der Waals surface area contributed by atoms with Crippen molar-refractivity contribution in [2.75, 3.05) is 45.2 Å². The second-order valence-electron chi connectivity index (χ2n) is 6.34. The second-order valence-corrected chi connectivity index (χ2v) is 6.78. The van der Waals surface area contributed by atoms with E-state index in [-0.39, 0.29) is 5.91 Å². The van der Waals surface area contributed by atoms with Gasteiger partial charge in [0.05, 0.1) is 12.7 Å². The molecule has 7 heteroatoms. The van der Waals surface area contributed by atoms with Crippen molar-refractivity contribution in [1.29, 1.82) is 0 Å². The number of methoxy groups -OCH3 is 1. The van der Waals surface area contributed by atoms with Crippen molar-refractivity contribution in [3.05, 3.63) is 52.7 Å². The van der Waals surface area contributed by atoms with Crippen LogP contribution in [0.2, 0.25) is 5.02 Å². The molecule has 138 valence electrons. The smallest absolute Gasteiger partial charge is 0.255 e. The van der Waals surface area contributed by atoms with E-state index in [2.05, 4.69) is 27.1 Å². The summed E-state index contributed by atoms with van der Waals surface area (Å²) in [6.45, 7) is 4.40. The number of carbonyl (C=O) groups is 1. The average Bonchev–Trinajstić information content (AvgIpc) is 2.66. The zero-order valence-electron chi connectivity index (χ0n) is 15.0. The number of amides is 1. The van der Waals surface area contributed by atoms with Crippen LogP contribution in [0.3, 0.4) is 0 Å². The van der Waals surface area contributed by atoms with Crippen molar-refractivity contribution in [2.45, 2.75) is 6.54 Å². The quantitative estimate of drug-likeness (QED) is 0.871. The number of hydrogen-bond donors (Lipinski definition) is 1. The van der Waals surface area contributed by atoms with Crippen LogP contribution in [0.1, 0.15) is 15.9 Å². The van der Waals surface area contributed by atoms with E-state index in [0.29, 0.717) is 22.9 Å². The molecule has 1 fully saturated rings. The van der Waals surface area contributed by atoms with Gasteiger partial charge in [0.2, 0.25) is 0 Å². The Morgan fingerprint density at radius 1 is 1.23 bits per heavy atom. The topological polar surface area (TPSA) is 57.7 Å². The fraction of sp³-hybridized carbons (Fsp3) is 0.368. The van der Waals surface area contributed by atoms with E-state index < -0.39 is 0 Å². The normalized spacial score (nSPS) is 15.0. The van der Waals surface area contributed by atoms with Gasteiger partial charge >= 0.3 is 0 Å². The van der Waals surface area contributed by atoms with Gasteiger partial charge in [-0.1, -0.05) is 11.6 Å². The van der Waals surface area contributed by atoms with Gasteiger partial charge < -0.3 is 19.9 Å². The Balaban J connectivity index is 1.65. The van der Waals surface area contributed by atoms with Crippen LogP contribution in [-0.4, -0.2) is 56.1 Å². The predicted molar refractivity (Wildman–Crippen MR) is 103 cm³/mol. The van der Waals surface area contributed by atoms with E-state index in [4.69, 9.17) is 16.3 Å². The molecule has 1 amide bonds. The molecule has 6 nitrogen and oxygen atoms in total. The van der Waals surface area contributed by atoms with Crippen LogP contribution in [0.15, 0.2) is 36.5 Å². The summed E-state index contributed by atoms with van der Waals surface area (Å²) in [5.41, 5.74) is 1.47. The predicted octanol–water partition coefficient (Wildman–Crippen LogP) is 2.43. The monoisotopic (exact) mass is 374 g/mol. The lowest BCUT2D eigenvalue weighted by molar-refractivity contribution is 0.0948. The Morgan fingerprint density at radius 3 is 2.73 bits per heavy atom. The average molecular weight is 375 g/mol. The maximum absolute atomic E-state index is 12.5. The number of hydrogen-bond acceptors (Lipinski definition) is 5. The molecule has 1 N–H and O–H groups in total. The van der Waals surface area contributed by atoms with Gasteiger partial charge in [-0.25, -0.2) is 4.98 Å². The third-order valence-corrected chi connectivity index (χ3v) is 4.73. The maximum atomic E-state index is 12.5. The number of piperazine rings is 1. The number of ether oxygens (including phenoxy) is 1. The van der Waals surface area contributed by atoms with Gasteiger partial charge in [-0.3, -0.25) is 4.79 Å². The van der Waals surface area contributed by atoms with Crippen LogP contribution in [0.25, 0.3) is 0 Å². The SMILES string of the molecule is COc1cc(Cl)ccc1C(=O)NCc1ccnc(N2CCN(C)CC2)c1. The number of rotatable bonds is 5. The van der Waals surface area contributed by atoms with Crippen molar-refractivity contribution in [3.63, 3.8) is 0 Å². The highest BCUT2D eigenvalue weighted by molar-refractivity contribution is 6.30. The Hall–Kier alpha value is -2.31. The van der Waals surface area contributed by atoms with Gasteiger partial charge in [-0.2, -0.15) is 0 Å². The fourth-order valence-corrected chi connectivity index (χ4v) is 3.07. The third-order valence-electron chi connectivity index (χ3n) is 4.50. The molecule has 0 unspecified atom stereocenters. The minimum Gasteiger partial charge on any atom is -0.496 e. The molecule has 1 aliphatic rings. The maximum Gasteiger partial charge on any atom is 0.255 e. The molecule has 26 heavy (non-hydrogen) atoms. The number of nitrogens with one attached hydrogen (secondary N) is 1. The molecule has 0 saturated carbocycles. The zero-order valence-corrected chi connectivity index (χ0v) is 15.8. The summed E-state index contributed by atoms with van der Waals surface area (Å²) in [7, 11) is 3.65. The van der Waals surface area contributed by atoms with E-state index in [9.17, 15) is 4.79 Å². The Morgan fingerprint density at radius 2 is 2.00 bits per heavy atom. The van der Waals surface area contributed by atoms with Gasteiger partial charge in [0.1, 0.15) is 11.6 Å². The number of anilines is 1. The number of benzene rings is 1. The fourth-order valence-electron chi connectivity index (χ4n) is 2.91. The van der Waals surface area contributed by atoms with E-state index in [1.165, 1.54) is 7.11 Å². The number of likely N-dealkylation sites (N-methyl/N-ethyl adjacent to an activating group) is 1. The molecule has 0 radical (unpaired) electrons.